The first-order valence-electron chi connectivity index (χ1n) is 5.37. The lowest BCUT2D eigenvalue weighted by atomic mass is 10.0. The Hall–Kier alpha value is 0.210. The van der Waals surface area contributed by atoms with Crippen LogP contribution in [-0.2, 0) is 9.53 Å². The summed E-state index contributed by atoms with van der Waals surface area (Å²) in [5.41, 5.74) is -2.42. The van der Waals surface area contributed by atoms with Crippen molar-refractivity contribution in [2.24, 2.45) is 0 Å². The Balaban J connectivity index is 3.15. The minimum Gasteiger partial charge on any atom is -0.544 e. The molecular weight excluding hydrogens is 627 g/mol. The van der Waals surface area contributed by atoms with Crippen molar-refractivity contribution in [2.75, 3.05) is 0 Å². The zero-order chi connectivity index (χ0) is 16.6. The number of hydrogen-bond acceptors (Lipinski definition) is 4. The molecule has 0 amide bonds. The Kier molecular flexibility index (Phi) is 6.20. The van der Waals surface area contributed by atoms with Gasteiger partial charge in [-0.3, -0.25) is 0 Å². The molecule has 0 N–H and O–H groups in total. The molecule has 0 radical (unpaired) electrons. The second kappa shape index (κ2) is 6.76. The lowest BCUT2D eigenvalue weighted by molar-refractivity contribution is -0.341. The van der Waals surface area contributed by atoms with Gasteiger partial charge in [0, 0.05) is 10.7 Å². The number of rotatable bonds is 4. The van der Waals surface area contributed by atoms with Crippen LogP contribution in [0.1, 0.15) is 24.2 Å². The Labute approximate surface area is 160 Å². The fourth-order valence-corrected chi connectivity index (χ4v) is 3.68. The van der Waals surface area contributed by atoms with Crippen LogP contribution in [0.4, 0.5) is 8.78 Å². The predicted molar refractivity (Wildman–Crippen MR) is 94.0 cm³/mol. The van der Waals surface area contributed by atoms with Crippen LogP contribution < -0.4 is 5.11 Å². The van der Waals surface area contributed by atoms with Crippen LogP contribution in [-0.4, -0.2) is 23.5 Å². The standard InChI is InChI=1S/C12H9F2I3O4/c1-11(2,12(13,14)10(19)20)21-9(18)6-3-5(15)4-7(16)8(6)17/h3-4H,1-2H3,(H,19,20)/p-1. The van der Waals surface area contributed by atoms with Gasteiger partial charge in [-0.05, 0) is 93.8 Å². The normalized spacial score (nSPS) is 12.1. The van der Waals surface area contributed by atoms with Gasteiger partial charge < -0.3 is 14.6 Å². The summed E-state index contributed by atoms with van der Waals surface area (Å²) in [6.45, 7) is 1.65. The van der Waals surface area contributed by atoms with Crippen LogP contribution in [0.25, 0.3) is 0 Å². The van der Waals surface area contributed by atoms with Crippen molar-refractivity contribution in [3.05, 3.63) is 28.4 Å². The molecule has 4 nitrogen and oxygen atoms in total. The van der Waals surface area contributed by atoms with E-state index in [4.69, 9.17) is 4.74 Å². The highest BCUT2D eigenvalue weighted by molar-refractivity contribution is 14.1. The molecule has 0 saturated carbocycles. The van der Waals surface area contributed by atoms with E-state index in [0.29, 0.717) is 3.57 Å². The first kappa shape index (κ1) is 19.3. The van der Waals surface area contributed by atoms with E-state index in [9.17, 15) is 23.5 Å². The second-order valence-electron chi connectivity index (χ2n) is 4.51. The molecular formula is C12H8F2I3O4-. The van der Waals surface area contributed by atoms with Crippen LogP contribution in [0.5, 0.6) is 0 Å². The molecule has 0 fully saturated rings. The predicted octanol–water partition coefficient (Wildman–Crippen LogP) is 2.82. The summed E-state index contributed by atoms with van der Waals surface area (Å²) in [5, 5.41) is 10.5. The Morgan fingerprint density at radius 3 is 2.19 bits per heavy atom. The molecule has 0 spiro atoms. The summed E-state index contributed by atoms with van der Waals surface area (Å²) in [6.07, 6.45) is 0. The van der Waals surface area contributed by atoms with Crippen LogP contribution in [0.2, 0.25) is 0 Å². The fraction of sp³-hybridized carbons (Fsp3) is 0.333. The van der Waals surface area contributed by atoms with Gasteiger partial charge in [0.25, 0.3) is 0 Å². The highest BCUT2D eigenvalue weighted by atomic mass is 127. The zero-order valence-electron chi connectivity index (χ0n) is 10.7. The molecule has 116 valence electrons. The highest BCUT2D eigenvalue weighted by Gasteiger charge is 2.51. The molecule has 0 atom stereocenters. The number of benzene rings is 1. The van der Waals surface area contributed by atoms with Crippen molar-refractivity contribution in [2.45, 2.75) is 25.4 Å². The van der Waals surface area contributed by atoms with Crippen molar-refractivity contribution in [1.82, 2.24) is 0 Å². The van der Waals surface area contributed by atoms with Gasteiger partial charge in [-0.1, -0.05) is 0 Å². The Morgan fingerprint density at radius 1 is 1.19 bits per heavy atom. The second-order valence-corrected chi connectivity index (χ2v) is 8.00. The molecule has 0 aliphatic rings. The third-order valence-electron chi connectivity index (χ3n) is 2.57. The number of carboxylic acid groups (broad SMARTS) is 1. The lowest BCUT2D eigenvalue weighted by Gasteiger charge is -2.34. The van der Waals surface area contributed by atoms with Gasteiger partial charge in [0.1, 0.15) is 5.97 Å². The molecule has 0 aromatic heterocycles. The van der Waals surface area contributed by atoms with Crippen molar-refractivity contribution < 1.29 is 28.2 Å². The third-order valence-corrected chi connectivity index (χ3v) is 6.24. The molecule has 1 aromatic carbocycles. The van der Waals surface area contributed by atoms with Crippen molar-refractivity contribution in [1.29, 1.82) is 0 Å². The number of alkyl halides is 2. The number of carboxylic acids is 1. The van der Waals surface area contributed by atoms with Gasteiger partial charge in [-0.2, -0.15) is 8.78 Å². The van der Waals surface area contributed by atoms with Gasteiger partial charge in [0.15, 0.2) is 5.60 Å². The largest absolute Gasteiger partial charge is 0.544 e. The average molecular weight is 635 g/mol. The SMILES string of the molecule is CC(C)(OC(=O)c1cc(I)cc(I)c1I)C(F)(F)C(=O)[O-]. The van der Waals surface area contributed by atoms with Crippen LogP contribution in [0, 0.1) is 10.7 Å². The Morgan fingerprint density at radius 2 is 1.71 bits per heavy atom. The van der Waals surface area contributed by atoms with E-state index in [2.05, 4.69) is 0 Å². The van der Waals surface area contributed by atoms with Gasteiger partial charge in [-0.15, -0.1) is 0 Å². The van der Waals surface area contributed by atoms with E-state index in [1.54, 1.807) is 6.07 Å². The first-order chi connectivity index (χ1) is 9.40. The van der Waals surface area contributed by atoms with Crippen molar-refractivity contribution in [3.8, 4) is 0 Å². The van der Waals surface area contributed by atoms with E-state index in [1.807, 2.05) is 67.8 Å². The highest BCUT2D eigenvalue weighted by Crippen LogP contribution is 2.33. The molecule has 0 unspecified atom stereocenters. The van der Waals surface area contributed by atoms with Crippen molar-refractivity contribution in [3.63, 3.8) is 0 Å². The number of ether oxygens (including phenoxy) is 1. The topological polar surface area (TPSA) is 66.4 Å². The minimum absolute atomic E-state index is 0.106. The van der Waals surface area contributed by atoms with E-state index in [0.717, 1.165) is 21.0 Å². The van der Waals surface area contributed by atoms with E-state index in [1.165, 1.54) is 6.07 Å². The maximum atomic E-state index is 13.5. The summed E-state index contributed by atoms with van der Waals surface area (Å²) >= 11 is 5.87. The molecule has 0 heterocycles. The van der Waals surface area contributed by atoms with Crippen LogP contribution in [0.15, 0.2) is 12.1 Å². The average Bonchev–Trinajstić information content (AvgIpc) is 2.32. The number of carbonyl (C=O) groups excluding carboxylic acids is 2. The Bertz CT molecular complexity index is 602. The van der Waals surface area contributed by atoms with E-state index < -0.39 is 23.5 Å². The van der Waals surface area contributed by atoms with E-state index >= 15 is 0 Å². The summed E-state index contributed by atoms with van der Waals surface area (Å²) in [5.74, 6) is -7.91. The fourth-order valence-electron chi connectivity index (χ4n) is 1.30. The molecule has 1 aromatic rings. The van der Waals surface area contributed by atoms with E-state index in [-0.39, 0.29) is 5.56 Å². The first-order valence-corrected chi connectivity index (χ1v) is 8.61. The minimum atomic E-state index is -4.30. The zero-order valence-corrected chi connectivity index (χ0v) is 17.2. The molecule has 9 heteroatoms. The quantitative estimate of drug-likeness (QED) is 0.291. The number of hydrogen-bond donors (Lipinski definition) is 0. The number of carbonyl (C=O) groups is 2. The number of aliphatic carboxylic acids is 1. The molecule has 0 bridgehead atoms. The summed E-state index contributed by atoms with van der Waals surface area (Å²) in [7, 11) is 0. The lowest BCUT2D eigenvalue weighted by Crippen LogP contribution is -2.57. The van der Waals surface area contributed by atoms with Gasteiger partial charge in [0.2, 0.25) is 0 Å². The summed E-state index contributed by atoms with van der Waals surface area (Å²) in [4.78, 5) is 22.6. The van der Waals surface area contributed by atoms with Gasteiger partial charge in [0.05, 0.1) is 5.56 Å². The molecule has 21 heavy (non-hydrogen) atoms. The van der Waals surface area contributed by atoms with Crippen molar-refractivity contribution >= 4 is 79.7 Å². The number of esters is 1. The smallest absolute Gasteiger partial charge is 0.340 e. The van der Waals surface area contributed by atoms with Crippen LogP contribution >= 0.6 is 67.8 Å². The molecule has 0 aliphatic heterocycles. The maximum absolute atomic E-state index is 13.5. The van der Waals surface area contributed by atoms with Gasteiger partial charge in [-0.25, -0.2) is 4.79 Å². The molecule has 0 aliphatic carbocycles. The maximum Gasteiger partial charge on any atom is 0.340 e. The summed E-state index contributed by atoms with van der Waals surface area (Å²) in [6, 6.07) is 3.29. The number of halogens is 5. The van der Waals surface area contributed by atoms with Gasteiger partial charge >= 0.3 is 11.9 Å². The molecule has 1 rings (SSSR count). The van der Waals surface area contributed by atoms with Crippen LogP contribution in [0.3, 0.4) is 0 Å². The third kappa shape index (κ3) is 4.14. The molecule has 0 saturated heterocycles. The summed E-state index contributed by atoms with van der Waals surface area (Å²) < 4.78 is 33.8. The monoisotopic (exact) mass is 635 g/mol.